The highest BCUT2D eigenvalue weighted by Gasteiger charge is 2.40. The van der Waals surface area contributed by atoms with Gasteiger partial charge in [-0.15, -0.1) is 0 Å². The van der Waals surface area contributed by atoms with Crippen LogP contribution in [0.4, 0.5) is 0 Å². The van der Waals surface area contributed by atoms with Crippen LogP contribution in [0.15, 0.2) is 12.2 Å². The van der Waals surface area contributed by atoms with Crippen molar-refractivity contribution in [1.82, 2.24) is 5.32 Å². The zero-order valence-corrected chi connectivity index (χ0v) is 11.9. The second kappa shape index (κ2) is 5.28. The van der Waals surface area contributed by atoms with E-state index in [1.165, 1.54) is 32.1 Å². The van der Waals surface area contributed by atoms with Gasteiger partial charge in [0.05, 0.1) is 0 Å². The Bertz CT molecular complexity index is 354. The van der Waals surface area contributed by atoms with Crippen LogP contribution in [-0.2, 0) is 4.79 Å². The number of allylic oxidation sites excluding steroid dienone is 2. The van der Waals surface area contributed by atoms with E-state index in [1.54, 1.807) is 0 Å². The van der Waals surface area contributed by atoms with Gasteiger partial charge in [0.1, 0.15) is 0 Å². The third kappa shape index (κ3) is 2.47. The Morgan fingerprint density at radius 2 is 2.11 bits per heavy atom. The molecule has 2 bridgehead atoms. The van der Waals surface area contributed by atoms with Crippen LogP contribution in [0.25, 0.3) is 0 Å². The molecule has 0 saturated heterocycles. The summed E-state index contributed by atoms with van der Waals surface area (Å²) in [4.78, 5) is 12.3. The SMILES string of the molecule is CSC1CCCC(NC(=O)C2CC3C=CC2C3)C1. The predicted octanol–water partition coefficient (Wildman–Crippen LogP) is 2.99. The zero-order valence-electron chi connectivity index (χ0n) is 11.1. The van der Waals surface area contributed by atoms with Crippen molar-refractivity contribution in [2.24, 2.45) is 17.8 Å². The molecule has 3 rings (SSSR count). The maximum atomic E-state index is 12.3. The Morgan fingerprint density at radius 3 is 2.78 bits per heavy atom. The highest BCUT2D eigenvalue weighted by Crippen LogP contribution is 2.43. The molecule has 5 unspecified atom stereocenters. The molecule has 0 heterocycles. The van der Waals surface area contributed by atoms with E-state index in [0.717, 1.165) is 11.7 Å². The minimum atomic E-state index is 0.273. The number of carbonyl (C=O) groups is 1. The summed E-state index contributed by atoms with van der Waals surface area (Å²) >= 11 is 1.96. The maximum Gasteiger partial charge on any atom is 0.223 e. The maximum absolute atomic E-state index is 12.3. The van der Waals surface area contributed by atoms with Crippen LogP contribution >= 0.6 is 11.8 Å². The Hall–Kier alpha value is -0.440. The summed E-state index contributed by atoms with van der Waals surface area (Å²) in [5, 5.41) is 4.08. The summed E-state index contributed by atoms with van der Waals surface area (Å²) < 4.78 is 0. The van der Waals surface area contributed by atoms with Crippen molar-refractivity contribution in [1.29, 1.82) is 0 Å². The summed E-state index contributed by atoms with van der Waals surface area (Å²) in [7, 11) is 0. The number of rotatable bonds is 3. The minimum Gasteiger partial charge on any atom is -0.353 e. The van der Waals surface area contributed by atoms with Crippen LogP contribution < -0.4 is 5.32 Å². The second-order valence-electron chi connectivity index (χ2n) is 6.12. The molecule has 0 aromatic carbocycles. The quantitative estimate of drug-likeness (QED) is 0.795. The van der Waals surface area contributed by atoms with Gasteiger partial charge in [-0.05, 0) is 50.2 Å². The molecule has 0 aliphatic heterocycles. The Morgan fingerprint density at radius 1 is 1.22 bits per heavy atom. The molecule has 0 aromatic rings. The van der Waals surface area contributed by atoms with Gasteiger partial charge in [-0.25, -0.2) is 0 Å². The van der Waals surface area contributed by atoms with Gasteiger partial charge in [0.15, 0.2) is 0 Å². The summed E-state index contributed by atoms with van der Waals surface area (Å²) in [6.07, 6.45) is 14.0. The van der Waals surface area contributed by atoms with Gasteiger partial charge < -0.3 is 5.32 Å². The van der Waals surface area contributed by atoms with Gasteiger partial charge >= 0.3 is 0 Å². The van der Waals surface area contributed by atoms with Gasteiger partial charge in [0.25, 0.3) is 0 Å². The number of carbonyl (C=O) groups excluding carboxylic acids is 1. The van der Waals surface area contributed by atoms with E-state index >= 15 is 0 Å². The summed E-state index contributed by atoms with van der Waals surface area (Å²) in [5.41, 5.74) is 0. The number of hydrogen-bond donors (Lipinski definition) is 1. The van der Waals surface area contributed by atoms with Crippen molar-refractivity contribution in [3.05, 3.63) is 12.2 Å². The Kier molecular flexibility index (Phi) is 3.69. The number of hydrogen-bond acceptors (Lipinski definition) is 2. The first-order chi connectivity index (χ1) is 8.76. The van der Waals surface area contributed by atoms with Gasteiger partial charge in [-0.2, -0.15) is 11.8 Å². The van der Waals surface area contributed by atoms with Crippen LogP contribution in [0.5, 0.6) is 0 Å². The molecule has 100 valence electrons. The molecule has 0 radical (unpaired) electrons. The molecule has 2 fully saturated rings. The highest BCUT2D eigenvalue weighted by atomic mass is 32.2. The van der Waals surface area contributed by atoms with E-state index in [2.05, 4.69) is 23.7 Å². The first-order valence-electron chi connectivity index (χ1n) is 7.27. The molecular formula is C15H23NOS. The first-order valence-corrected chi connectivity index (χ1v) is 8.56. The fourth-order valence-corrected chi connectivity index (χ4v) is 4.71. The van der Waals surface area contributed by atoms with Gasteiger partial charge in [0.2, 0.25) is 5.91 Å². The van der Waals surface area contributed by atoms with Crippen molar-refractivity contribution >= 4 is 17.7 Å². The van der Waals surface area contributed by atoms with Crippen molar-refractivity contribution in [3.63, 3.8) is 0 Å². The van der Waals surface area contributed by atoms with Crippen LogP contribution in [-0.4, -0.2) is 23.5 Å². The molecule has 1 amide bonds. The lowest BCUT2D eigenvalue weighted by molar-refractivity contribution is -0.126. The van der Waals surface area contributed by atoms with Crippen molar-refractivity contribution < 1.29 is 4.79 Å². The summed E-state index contributed by atoms with van der Waals surface area (Å²) in [5.74, 6) is 1.83. The van der Waals surface area contributed by atoms with Crippen molar-refractivity contribution in [2.75, 3.05) is 6.26 Å². The normalized spacial score (nSPS) is 42.2. The molecule has 5 atom stereocenters. The van der Waals surface area contributed by atoms with Gasteiger partial charge in [-0.3, -0.25) is 4.79 Å². The zero-order chi connectivity index (χ0) is 12.5. The monoisotopic (exact) mass is 265 g/mol. The van der Waals surface area contributed by atoms with E-state index in [9.17, 15) is 4.79 Å². The minimum absolute atomic E-state index is 0.273. The van der Waals surface area contributed by atoms with Gasteiger partial charge in [-0.1, -0.05) is 18.6 Å². The lowest BCUT2D eigenvalue weighted by atomic mass is 9.90. The molecule has 1 N–H and O–H groups in total. The van der Waals surface area contributed by atoms with Crippen LogP contribution in [0, 0.1) is 17.8 Å². The highest BCUT2D eigenvalue weighted by molar-refractivity contribution is 7.99. The van der Waals surface area contributed by atoms with Crippen LogP contribution in [0.3, 0.4) is 0 Å². The molecule has 2 nitrogen and oxygen atoms in total. The molecular weight excluding hydrogens is 242 g/mol. The molecule has 3 aliphatic rings. The standard InChI is InChI=1S/C15H23NOS/c1-18-13-4-2-3-12(9-13)16-15(17)14-8-10-5-6-11(14)7-10/h5-6,10-14H,2-4,7-9H2,1H3,(H,16,17). The lowest BCUT2D eigenvalue weighted by Crippen LogP contribution is -2.43. The molecule has 18 heavy (non-hydrogen) atoms. The number of amides is 1. The lowest BCUT2D eigenvalue weighted by Gasteiger charge is -2.30. The number of nitrogens with one attached hydrogen (secondary N) is 1. The van der Waals surface area contributed by atoms with Crippen LogP contribution in [0.2, 0.25) is 0 Å². The first kappa shape index (κ1) is 12.6. The van der Waals surface area contributed by atoms with Gasteiger partial charge in [0, 0.05) is 17.2 Å². The topological polar surface area (TPSA) is 29.1 Å². The molecule has 0 spiro atoms. The number of thioether (sulfide) groups is 1. The third-order valence-electron chi connectivity index (χ3n) is 4.92. The predicted molar refractivity (Wildman–Crippen MR) is 76.5 cm³/mol. The Balaban J connectivity index is 1.53. The average Bonchev–Trinajstić information content (AvgIpc) is 3.01. The van der Waals surface area contributed by atoms with Crippen molar-refractivity contribution in [2.45, 2.75) is 49.8 Å². The summed E-state index contributed by atoms with van der Waals surface area (Å²) in [6.45, 7) is 0. The van der Waals surface area contributed by atoms with E-state index < -0.39 is 0 Å². The fourth-order valence-electron chi connectivity index (χ4n) is 3.88. The van der Waals surface area contributed by atoms with E-state index in [-0.39, 0.29) is 5.92 Å². The van der Waals surface area contributed by atoms with E-state index in [4.69, 9.17) is 0 Å². The number of fused-ring (bicyclic) bond motifs is 2. The van der Waals surface area contributed by atoms with Crippen LogP contribution in [0.1, 0.15) is 38.5 Å². The van der Waals surface area contributed by atoms with E-state index in [1.807, 2.05) is 11.8 Å². The summed E-state index contributed by atoms with van der Waals surface area (Å²) in [6, 6.07) is 0.437. The molecule has 3 heteroatoms. The van der Waals surface area contributed by atoms with Crippen molar-refractivity contribution in [3.8, 4) is 0 Å². The largest absolute Gasteiger partial charge is 0.353 e. The Labute approximate surface area is 114 Å². The second-order valence-corrected chi connectivity index (χ2v) is 7.25. The third-order valence-corrected chi connectivity index (χ3v) is 6.02. The smallest absolute Gasteiger partial charge is 0.223 e. The molecule has 2 saturated carbocycles. The molecule has 0 aromatic heterocycles. The molecule has 3 aliphatic carbocycles. The van der Waals surface area contributed by atoms with E-state index in [0.29, 0.717) is 23.8 Å². The fraction of sp³-hybridized carbons (Fsp3) is 0.800. The average molecular weight is 265 g/mol.